The van der Waals surface area contributed by atoms with Crippen molar-refractivity contribution in [2.45, 2.75) is 38.6 Å². The summed E-state index contributed by atoms with van der Waals surface area (Å²) in [5.74, 6) is -2.11. The first-order valence-electron chi connectivity index (χ1n) is 8.31. The number of carboxylic acids is 1. The Labute approximate surface area is 141 Å². The molecule has 2 rings (SSSR count). The van der Waals surface area contributed by atoms with Crippen molar-refractivity contribution in [2.75, 3.05) is 6.54 Å². The number of nitrogens with two attached hydrogens (primary N) is 1. The highest BCUT2D eigenvalue weighted by atomic mass is 16.4. The Bertz CT molecular complexity index is 588. The Morgan fingerprint density at radius 3 is 2.42 bits per heavy atom. The summed E-state index contributed by atoms with van der Waals surface area (Å²) < 4.78 is 0. The van der Waals surface area contributed by atoms with E-state index in [0.29, 0.717) is 25.8 Å². The van der Waals surface area contributed by atoms with Gasteiger partial charge in [0, 0.05) is 25.4 Å². The van der Waals surface area contributed by atoms with Crippen LogP contribution < -0.4 is 5.73 Å². The van der Waals surface area contributed by atoms with Crippen molar-refractivity contribution < 1.29 is 19.5 Å². The fourth-order valence-electron chi connectivity index (χ4n) is 3.21. The van der Waals surface area contributed by atoms with Gasteiger partial charge in [0.05, 0.1) is 5.92 Å². The van der Waals surface area contributed by atoms with Crippen molar-refractivity contribution in [3.8, 4) is 0 Å². The lowest BCUT2D eigenvalue weighted by molar-refractivity contribution is -0.145. The zero-order chi connectivity index (χ0) is 17.5. The molecular weight excluding hydrogens is 308 g/mol. The third-order valence-corrected chi connectivity index (χ3v) is 4.53. The first-order valence-corrected chi connectivity index (χ1v) is 8.31. The first kappa shape index (κ1) is 18.0. The summed E-state index contributed by atoms with van der Waals surface area (Å²) in [5, 5.41) is 9.20. The molecule has 1 fully saturated rings. The van der Waals surface area contributed by atoms with Crippen LogP contribution in [-0.2, 0) is 20.9 Å². The Kier molecular flexibility index (Phi) is 6.35. The van der Waals surface area contributed by atoms with Gasteiger partial charge in [-0.15, -0.1) is 0 Å². The van der Waals surface area contributed by atoms with Crippen molar-refractivity contribution in [1.82, 2.24) is 4.90 Å². The topological polar surface area (TPSA) is 101 Å². The molecule has 130 valence electrons. The van der Waals surface area contributed by atoms with Crippen LogP contribution in [0.3, 0.4) is 0 Å². The molecule has 6 heteroatoms. The fraction of sp³-hybridized carbons (Fsp3) is 0.500. The molecule has 1 aliphatic rings. The van der Waals surface area contributed by atoms with E-state index in [4.69, 9.17) is 5.73 Å². The number of nitrogens with zero attached hydrogens (tertiary/aromatic N) is 1. The molecule has 0 aliphatic heterocycles. The van der Waals surface area contributed by atoms with Gasteiger partial charge in [-0.2, -0.15) is 0 Å². The van der Waals surface area contributed by atoms with E-state index in [9.17, 15) is 19.5 Å². The summed E-state index contributed by atoms with van der Waals surface area (Å²) in [5.41, 5.74) is 6.19. The quantitative estimate of drug-likeness (QED) is 0.794. The molecule has 1 aromatic carbocycles. The van der Waals surface area contributed by atoms with Gasteiger partial charge in [0.25, 0.3) is 0 Å². The Balaban J connectivity index is 2.08. The van der Waals surface area contributed by atoms with Gasteiger partial charge >= 0.3 is 5.97 Å². The smallest absolute Gasteiger partial charge is 0.306 e. The van der Waals surface area contributed by atoms with Crippen LogP contribution in [0.4, 0.5) is 0 Å². The van der Waals surface area contributed by atoms with E-state index in [2.05, 4.69) is 0 Å². The van der Waals surface area contributed by atoms with Gasteiger partial charge in [0.2, 0.25) is 11.8 Å². The van der Waals surface area contributed by atoms with E-state index in [-0.39, 0.29) is 24.8 Å². The molecule has 0 saturated heterocycles. The van der Waals surface area contributed by atoms with Crippen LogP contribution in [0.25, 0.3) is 0 Å². The Hall–Kier alpha value is -2.37. The van der Waals surface area contributed by atoms with Crippen molar-refractivity contribution in [3.05, 3.63) is 35.9 Å². The fourth-order valence-corrected chi connectivity index (χ4v) is 3.21. The standard InChI is InChI=1S/C18H24N2O4/c19-16(21)9-10-20(12-13-5-2-1-3-6-13)17(22)14-7-4-8-15(11-14)18(23)24/h1-3,5-6,14-15H,4,7-12H2,(H2,19,21)(H,23,24). The molecule has 3 N–H and O–H groups in total. The maximum atomic E-state index is 12.9. The van der Waals surface area contributed by atoms with E-state index in [1.165, 1.54) is 0 Å². The average molecular weight is 332 g/mol. The van der Waals surface area contributed by atoms with E-state index in [1.807, 2.05) is 30.3 Å². The number of rotatable bonds is 7. The lowest BCUT2D eigenvalue weighted by Gasteiger charge is -2.31. The van der Waals surface area contributed by atoms with Crippen LogP contribution in [-0.4, -0.2) is 34.3 Å². The minimum absolute atomic E-state index is 0.0777. The number of carboxylic acid groups (broad SMARTS) is 1. The molecule has 0 heterocycles. The summed E-state index contributed by atoms with van der Waals surface area (Å²) >= 11 is 0. The van der Waals surface area contributed by atoms with Crippen molar-refractivity contribution >= 4 is 17.8 Å². The van der Waals surface area contributed by atoms with Crippen LogP contribution in [0.5, 0.6) is 0 Å². The minimum Gasteiger partial charge on any atom is -0.481 e. The lowest BCUT2D eigenvalue weighted by Crippen LogP contribution is -2.40. The molecule has 6 nitrogen and oxygen atoms in total. The zero-order valence-electron chi connectivity index (χ0n) is 13.7. The Morgan fingerprint density at radius 2 is 1.79 bits per heavy atom. The summed E-state index contributed by atoms with van der Waals surface area (Å²) in [4.78, 5) is 36.8. The summed E-state index contributed by atoms with van der Waals surface area (Å²) in [6.45, 7) is 0.665. The van der Waals surface area contributed by atoms with E-state index in [0.717, 1.165) is 12.0 Å². The predicted octanol–water partition coefficient (Wildman–Crippen LogP) is 1.78. The molecule has 1 aromatic rings. The van der Waals surface area contributed by atoms with Crippen LogP contribution in [0.1, 0.15) is 37.7 Å². The van der Waals surface area contributed by atoms with Crippen LogP contribution in [0.15, 0.2) is 30.3 Å². The number of carbonyl (C=O) groups is 3. The number of amides is 2. The number of carbonyl (C=O) groups excluding carboxylic acids is 2. The van der Waals surface area contributed by atoms with Gasteiger partial charge in [0.1, 0.15) is 0 Å². The molecule has 2 unspecified atom stereocenters. The molecular formula is C18H24N2O4. The second-order valence-corrected chi connectivity index (χ2v) is 6.36. The molecule has 0 bridgehead atoms. The van der Waals surface area contributed by atoms with Crippen molar-refractivity contribution in [1.29, 1.82) is 0 Å². The summed E-state index contributed by atoms with van der Waals surface area (Å²) in [6.07, 6.45) is 2.54. The first-order chi connectivity index (χ1) is 11.5. The number of hydrogen-bond donors (Lipinski definition) is 2. The lowest BCUT2D eigenvalue weighted by atomic mass is 9.80. The highest BCUT2D eigenvalue weighted by molar-refractivity contribution is 5.81. The molecule has 0 aromatic heterocycles. The third-order valence-electron chi connectivity index (χ3n) is 4.53. The highest BCUT2D eigenvalue weighted by Gasteiger charge is 2.33. The monoisotopic (exact) mass is 332 g/mol. The van der Waals surface area contributed by atoms with Gasteiger partial charge in [-0.3, -0.25) is 14.4 Å². The van der Waals surface area contributed by atoms with E-state index < -0.39 is 17.8 Å². The van der Waals surface area contributed by atoms with Crippen LogP contribution in [0, 0.1) is 11.8 Å². The Morgan fingerprint density at radius 1 is 1.12 bits per heavy atom. The summed E-state index contributed by atoms with van der Waals surface area (Å²) in [6, 6.07) is 9.54. The van der Waals surface area contributed by atoms with Crippen LogP contribution >= 0.6 is 0 Å². The van der Waals surface area contributed by atoms with E-state index >= 15 is 0 Å². The van der Waals surface area contributed by atoms with Gasteiger partial charge in [-0.05, 0) is 24.8 Å². The molecule has 24 heavy (non-hydrogen) atoms. The van der Waals surface area contributed by atoms with Gasteiger partial charge in [-0.1, -0.05) is 36.8 Å². The number of hydrogen-bond acceptors (Lipinski definition) is 3. The molecule has 2 atom stereocenters. The van der Waals surface area contributed by atoms with Crippen molar-refractivity contribution in [2.24, 2.45) is 17.6 Å². The molecule has 1 saturated carbocycles. The normalized spacial score (nSPS) is 20.3. The highest BCUT2D eigenvalue weighted by Crippen LogP contribution is 2.31. The van der Waals surface area contributed by atoms with Crippen molar-refractivity contribution in [3.63, 3.8) is 0 Å². The SMILES string of the molecule is NC(=O)CCN(Cc1ccccc1)C(=O)C1CCCC(C(=O)O)C1. The largest absolute Gasteiger partial charge is 0.481 e. The maximum absolute atomic E-state index is 12.9. The number of benzene rings is 1. The summed E-state index contributed by atoms with van der Waals surface area (Å²) in [7, 11) is 0. The van der Waals surface area contributed by atoms with E-state index in [1.54, 1.807) is 4.90 Å². The molecule has 2 amide bonds. The molecule has 1 aliphatic carbocycles. The molecule has 0 radical (unpaired) electrons. The predicted molar refractivity (Wildman–Crippen MR) is 88.8 cm³/mol. The average Bonchev–Trinajstić information content (AvgIpc) is 2.58. The number of aliphatic carboxylic acids is 1. The zero-order valence-corrected chi connectivity index (χ0v) is 13.7. The third kappa shape index (κ3) is 5.08. The second-order valence-electron chi connectivity index (χ2n) is 6.36. The van der Waals surface area contributed by atoms with Gasteiger partial charge < -0.3 is 15.7 Å². The van der Waals surface area contributed by atoms with Gasteiger partial charge in [-0.25, -0.2) is 0 Å². The number of primary amides is 1. The second kappa shape index (κ2) is 8.47. The minimum atomic E-state index is -0.834. The molecule has 0 spiro atoms. The van der Waals surface area contributed by atoms with Crippen LogP contribution in [0.2, 0.25) is 0 Å². The maximum Gasteiger partial charge on any atom is 0.306 e. The van der Waals surface area contributed by atoms with Gasteiger partial charge in [0.15, 0.2) is 0 Å².